The number of nitrogens with two attached hydrogens (primary N) is 2. The Morgan fingerprint density at radius 2 is 1.59 bits per heavy atom. The zero-order valence-corrected chi connectivity index (χ0v) is 17.0. The number of nitrogens with zero attached hydrogens (tertiary/aromatic N) is 3. The summed E-state index contributed by atoms with van der Waals surface area (Å²) < 4.78 is 14.5. The number of halogens is 1. The van der Waals surface area contributed by atoms with Gasteiger partial charge in [-0.2, -0.15) is 5.10 Å². The van der Waals surface area contributed by atoms with E-state index >= 15 is 0 Å². The number of H-pyrrole nitrogens is 1. The normalized spacial score (nSPS) is 14.6. The Bertz CT molecular complexity index is 1230. The summed E-state index contributed by atoms with van der Waals surface area (Å²) in [6.45, 7) is 0.989. The maximum absolute atomic E-state index is 14.5. The first-order valence-corrected chi connectivity index (χ1v) is 9.93. The monoisotopic (exact) mass is 436 g/mol. The molecule has 4 rings (SSSR count). The van der Waals surface area contributed by atoms with Crippen LogP contribution in [0, 0.1) is 5.82 Å². The molecule has 1 aliphatic heterocycles. The highest BCUT2D eigenvalue weighted by Gasteiger charge is 2.31. The number of amides is 2. The standard InChI is InChI=1S/C22H21FN6O3/c23-16-7-6-14(20(24)27-25)18-17(16)15(12-26-18)19(30)22(32)29-10-8-28(9-11-29)21(31)13-4-2-1-3-5-13/h1-7,12,26H,8-11,25H2,(H2,24,27). The minimum Gasteiger partial charge on any atom is -0.382 e. The molecule has 1 aliphatic rings. The van der Waals surface area contributed by atoms with Crippen LogP contribution >= 0.6 is 0 Å². The number of Topliss-reactive ketones (excluding diaryl/α,β-unsaturated/α-hetero) is 1. The molecule has 0 atom stereocenters. The number of fused-ring (bicyclic) bond motifs is 1. The van der Waals surface area contributed by atoms with Crippen LogP contribution in [0.15, 0.2) is 53.8 Å². The zero-order valence-electron chi connectivity index (χ0n) is 17.0. The molecule has 2 amide bonds. The second-order valence-corrected chi connectivity index (χ2v) is 7.34. The number of carbonyl (C=O) groups excluding carboxylic acids is 3. The van der Waals surface area contributed by atoms with E-state index in [0.29, 0.717) is 24.2 Å². The van der Waals surface area contributed by atoms with Crippen molar-refractivity contribution in [1.82, 2.24) is 14.8 Å². The molecule has 3 aromatic rings. The summed E-state index contributed by atoms with van der Waals surface area (Å²) in [5.74, 6) is 2.76. The second kappa shape index (κ2) is 8.50. The lowest BCUT2D eigenvalue weighted by Gasteiger charge is -2.34. The predicted octanol–water partition coefficient (Wildman–Crippen LogP) is 1.05. The fraction of sp³-hybridized carbons (Fsp3) is 0.182. The first-order chi connectivity index (χ1) is 15.4. The van der Waals surface area contributed by atoms with Crippen molar-refractivity contribution in [3.8, 4) is 0 Å². The number of piperazine rings is 1. The number of aromatic amines is 1. The number of carbonyl (C=O) groups is 3. The molecule has 0 radical (unpaired) electrons. The molecular formula is C22H21FN6O3. The highest BCUT2D eigenvalue weighted by Crippen LogP contribution is 2.26. The second-order valence-electron chi connectivity index (χ2n) is 7.34. The summed E-state index contributed by atoms with van der Waals surface area (Å²) in [4.78, 5) is 44.1. The van der Waals surface area contributed by atoms with E-state index in [0.717, 1.165) is 6.07 Å². The van der Waals surface area contributed by atoms with Gasteiger partial charge in [0.15, 0.2) is 5.84 Å². The van der Waals surface area contributed by atoms with Gasteiger partial charge in [0.1, 0.15) is 5.82 Å². The van der Waals surface area contributed by atoms with Gasteiger partial charge in [-0.3, -0.25) is 14.4 Å². The molecule has 164 valence electrons. The van der Waals surface area contributed by atoms with E-state index in [1.165, 1.54) is 17.2 Å². The predicted molar refractivity (Wildman–Crippen MR) is 116 cm³/mol. The quantitative estimate of drug-likeness (QED) is 0.140. The van der Waals surface area contributed by atoms with Crippen molar-refractivity contribution >= 4 is 34.3 Å². The number of aromatic nitrogens is 1. The molecule has 1 aromatic heterocycles. The summed E-state index contributed by atoms with van der Waals surface area (Å²) in [6.07, 6.45) is 1.27. The third-order valence-corrected chi connectivity index (χ3v) is 5.51. The van der Waals surface area contributed by atoms with Crippen LogP contribution < -0.4 is 11.6 Å². The Morgan fingerprint density at radius 3 is 2.25 bits per heavy atom. The van der Waals surface area contributed by atoms with Crippen LogP contribution in [0.2, 0.25) is 0 Å². The Morgan fingerprint density at radius 1 is 0.938 bits per heavy atom. The van der Waals surface area contributed by atoms with Gasteiger partial charge in [-0.1, -0.05) is 18.2 Å². The van der Waals surface area contributed by atoms with E-state index in [9.17, 15) is 18.8 Å². The number of amidine groups is 1. The molecule has 5 N–H and O–H groups in total. The van der Waals surface area contributed by atoms with E-state index in [4.69, 9.17) is 11.6 Å². The third kappa shape index (κ3) is 3.66. The van der Waals surface area contributed by atoms with E-state index in [2.05, 4.69) is 10.1 Å². The first-order valence-electron chi connectivity index (χ1n) is 9.93. The van der Waals surface area contributed by atoms with Gasteiger partial charge in [-0.15, -0.1) is 0 Å². The van der Waals surface area contributed by atoms with Crippen molar-refractivity contribution in [3.05, 3.63) is 71.2 Å². The van der Waals surface area contributed by atoms with Gasteiger partial charge in [-0.25, -0.2) is 4.39 Å². The number of rotatable bonds is 4. The van der Waals surface area contributed by atoms with Gasteiger partial charge in [-0.05, 0) is 24.3 Å². The van der Waals surface area contributed by atoms with E-state index in [-0.39, 0.29) is 41.3 Å². The number of benzene rings is 2. The highest BCUT2D eigenvalue weighted by molar-refractivity contribution is 6.45. The summed E-state index contributed by atoms with van der Waals surface area (Å²) >= 11 is 0. The molecule has 0 saturated carbocycles. The van der Waals surface area contributed by atoms with Crippen molar-refractivity contribution in [3.63, 3.8) is 0 Å². The molecule has 0 bridgehead atoms. The molecule has 2 aromatic carbocycles. The molecule has 0 spiro atoms. The average Bonchev–Trinajstić information content (AvgIpc) is 3.29. The summed E-state index contributed by atoms with van der Waals surface area (Å²) in [5.41, 5.74) is 6.76. The minimum absolute atomic E-state index is 0.0404. The molecule has 9 nitrogen and oxygen atoms in total. The van der Waals surface area contributed by atoms with Crippen LogP contribution in [0.3, 0.4) is 0 Å². The fourth-order valence-corrected chi connectivity index (χ4v) is 3.80. The molecule has 32 heavy (non-hydrogen) atoms. The minimum atomic E-state index is -0.849. The number of hydrazone groups is 1. The molecule has 0 unspecified atom stereocenters. The van der Waals surface area contributed by atoms with E-state index < -0.39 is 17.5 Å². The van der Waals surface area contributed by atoms with E-state index in [1.807, 2.05) is 6.07 Å². The van der Waals surface area contributed by atoms with Gasteiger partial charge in [0, 0.05) is 48.9 Å². The highest BCUT2D eigenvalue weighted by atomic mass is 19.1. The SMILES string of the molecule is N/N=C(\N)c1ccc(F)c2c(C(=O)C(=O)N3CCN(C(=O)c4ccccc4)CC3)c[nH]c12. The van der Waals surface area contributed by atoms with Crippen molar-refractivity contribution in [2.45, 2.75) is 0 Å². The molecule has 10 heteroatoms. The lowest BCUT2D eigenvalue weighted by molar-refractivity contribution is -0.127. The topological polar surface area (TPSA) is 138 Å². The van der Waals surface area contributed by atoms with E-state index in [1.54, 1.807) is 29.2 Å². The molecule has 2 heterocycles. The van der Waals surface area contributed by atoms with Gasteiger partial charge >= 0.3 is 0 Å². The zero-order chi connectivity index (χ0) is 22.8. The van der Waals surface area contributed by atoms with Crippen molar-refractivity contribution in [1.29, 1.82) is 0 Å². The van der Waals surface area contributed by atoms with Crippen LogP contribution in [0.25, 0.3) is 10.9 Å². The maximum atomic E-state index is 14.5. The Kier molecular flexibility index (Phi) is 5.59. The molecule has 0 aliphatic carbocycles. The molecular weight excluding hydrogens is 415 g/mol. The summed E-state index contributed by atoms with van der Waals surface area (Å²) in [5, 5.41) is 3.35. The average molecular weight is 436 g/mol. The third-order valence-electron chi connectivity index (χ3n) is 5.51. The van der Waals surface area contributed by atoms with Gasteiger partial charge < -0.3 is 26.4 Å². The maximum Gasteiger partial charge on any atom is 0.295 e. The number of hydrogen-bond donors (Lipinski definition) is 3. The Balaban J connectivity index is 1.51. The van der Waals surface area contributed by atoms with Crippen LogP contribution in [-0.2, 0) is 4.79 Å². The Hall–Kier alpha value is -4.21. The lowest BCUT2D eigenvalue weighted by atomic mass is 10.0. The lowest BCUT2D eigenvalue weighted by Crippen LogP contribution is -2.52. The summed E-state index contributed by atoms with van der Waals surface area (Å²) in [6, 6.07) is 11.4. The van der Waals surface area contributed by atoms with Crippen LogP contribution in [0.1, 0.15) is 26.3 Å². The van der Waals surface area contributed by atoms with Gasteiger partial charge in [0.05, 0.1) is 11.1 Å². The van der Waals surface area contributed by atoms with Crippen LogP contribution in [0.5, 0.6) is 0 Å². The Labute approximate surface area is 182 Å². The van der Waals surface area contributed by atoms with Crippen LogP contribution in [0.4, 0.5) is 4.39 Å². The summed E-state index contributed by atoms with van der Waals surface area (Å²) in [7, 11) is 0. The fourth-order valence-electron chi connectivity index (χ4n) is 3.80. The smallest absolute Gasteiger partial charge is 0.295 e. The van der Waals surface area contributed by atoms with Gasteiger partial charge in [0.25, 0.3) is 17.6 Å². The largest absolute Gasteiger partial charge is 0.382 e. The van der Waals surface area contributed by atoms with Crippen molar-refractivity contribution in [2.24, 2.45) is 16.7 Å². The number of nitrogens with one attached hydrogen (secondary N) is 1. The molecule has 1 fully saturated rings. The number of hydrogen-bond acceptors (Lipinski definition) is 5. The number of ketones is 1. The van der Waals surface area contributed by atoms with Crippen LogP contribution in [-0.4, -0.2) is 64.4 Å². The first kappa shape index (κ1) is 21.0. The molecule has 1 saturated heterocycles. The van der Waals surface area contributed by atoms with Gasteiger partial charge in [0.2, 0.25) is 0 Å². The van der Waals surface area contributed by atoms with Crippen molar-refractivity contribution in [2.75, 3.05) is 26.2 Å². The van der Waals surface area contributed by atoms with Crippen molar-refractivity contribution < 1.29 is 18.8 Å².